The summed E-state index contributed by atoms with van der Waals surface area (Å²) < 4.78 is 0. The van der Waals surface area contributed by atoms with E-state index in [4.69, 9.17) is 0 Å². The molecule has 0 bridgehead atoms. The van der Waals surface area contributed by atoms with E-state index in [1.165, 1.54) is 64.6 Å². The van der Waals surface area contributed by atoms with Gasteiger partial charge in [0.25, 0.3) is 0 Å². The largest absolute Gasteiger partial charge is 0.356 e. The van der Waals surface area contributed by atoms with E-state index in [0.717, 1.165) is 25.6 Å². The Labute approximate surface area is 134 Å². The van der Waals surface area contributed by atoms with Gasteiger partial charge < -0.3 is 15.5 Å². The van der Waals surface area contributed by atoms with Crippen LogP contribution < -0.4 is 10.6 Å². The fourth-order valence-electron chi connectivity index (χ4n) is 2.68. The average molecular weight is 380 g/mol. The van der Waals surface area contributed by atoms with E-state index in [0.29, 0.717) is 0 Å². The van der Waals surface area contributed by atoms with Crippen molar-refractivity contribution >= 4 is 29.9 Å². The molecule has 2 heterocycles. The van der Waals surface area contributed by atoms with E-state index < -0.39 is 0 Å². The lowest BCUT2D eigenvalue weighted by atomic mass is 10.1. The molecule has 5 heteroatoms. The van der Waals surface area contributed by atoms with Crippen LogP contribution in [0.25, 0.3) is 0 Å². The maximum absolute atomic E-state index is 4.41. The standard InChI is InChI=1S/C14H28N4.HI/c1(4-11-18-12-5-2-6-13-18)3-8-15-14-16-9-7-10-17-14;/h1-13H2,(H2,15,16,17);1H. The predicted octanol–water partition coefficient (Wildman–Crippen LogP) is 2.20. The smallest absolute Gasteiger partial charge is 0.191 e. The van der Waals surface area contributed by atoms with E-state index in [-0.39, 0.29) is 24.0 Å². The second-order valence-corrected chi connectivity index (χ2v) is 5.40. The number of likely N-dealkylation sites (tertiary alicyclic amines) is 1. The van der Waals surface area contributed by atoms with E-state index in [1.54, 1.807) is 0 Å². The Hall–Kier alpha value is -0.0400. The molecule has 0 aromatic rings. The molecule has 2 aliphatic rings. The third-order valence-electron chi connectivity index (χ3n) is 3.79. The fraction of sp³-hybridized carbons (Fsp3) is 0.929. The Morgan fingerprint density at radius 2 is 1.89 bits per heavy atom. The van der Waals surface area contributed by atoms with Gasteiger partial charge in [-0.25, -0.2) is 0 Å². The van der Waals surface area contributed by atoms with E-state index >= 15 is 0 Å². The SMILES string of the molecule is C(CCNC1=NCCCN1)CCN1CCCCC1.I. The molecule has 2 N–H and O–H groups in total. The topological polar surface area (TPSA) is 39.7 Å². The van der Waals surface area contributed by atoms with Gasteiger partial charge in [0, 0.05) is 19.6 Å². The zero-order chi connectivity index (χ0) is 12.5. The quantitative estimate of drug-likeness (QED) is 0.548. The molecule has 2 aliphatic heterocycles. The Balaban J connectivity index is 0.00000180. The molecule has 0 aromatic heterocycles. The van der Waals surface area contributed by atoms with Gasteiger partial charge >= 0.3 is 0 Å². The lowest BCUT2D eigenvalue weighted by Gasteiger charge is -2.26. The molecule has 19 heavy (non-hydrogen) atoms. The van der Waals surface area contributed by atoms with E-state index in [1.807, 2.05) is 0 Å². The van der Waals surface area contributed by atoms with Crippen LogP contribution in [0, 0.1) is 0 Å². The van der Waals surface area contributed by atoms with Crippen LogP contribution in [0.4, 0.5) is 0 Å². The molecule has 112 valence electrons. The predicted molar refractivity (Wildman–Crippen MR) is 92.5 cm³/mol. The normalized spacial score (nSPS) is 20.1. The minimum Gasteiger partial charge on any atom is -0.356 e. The van der Waals surface area contributed by atoms with Crippen molar-refractivity contribution in [1.29, 1.82) is 0 Å². The summed E-state index contributed by atoms with van der Waals surface area (Å²) in [4.78, 5) is 7.04. The van der Waals surface area contributed by atoms with Crippen LogP contribution in [-0.2, 0) is 0 Å². The fourth-order valence-corrected chi connectivity index (χ4v) is 2.68. The molecule has 0 aliphatic carbocycles. The summed E-state index contributed by atoms with van der Waals surface area (Å²) in [6.45, 7) is 7.08. The van der Waals surface area contributed by atoms with Gasteiger partial charge in [0.1, 0.15) is 0 Å². The Kier molecular flexibility index (Phi) is 9.59. The van der Waals surface area contributed by atoms with Crippen molar-refractivity contribution in [2.75, 3.05) is 39.3 Å². The minimum atomic E-state index is 0. The summed E-state index contributed by atoms with van der Waals surface area (Å²) >= 11 is 0. The number of halogens is 1. The second-order valence-electron chi connectivity index (χ2n) is 5.40. The van der Waals surface area contributed by atoms with Crippen molar-refractivity contribution in [3.05, 3.63) is 0 Å². The molecule has 0 atom stereocenters. The summed E-state index contributed by atoms with van der Waals surface area (Å²) in [7, 11) is 0. The summed E-state index contributed by atoms with van der Waals surface area (Å²) in [5.41, 5.74) is 0. The highest BCUT2D eigenvalue weighted by Crippen LogP contribution is 2.09. The van der Waals surface area contributed by atoms with Crippen LogP contribution in [0.1, 0.15) is 44.9 Å². The third-order valence-corrected chi connectivity index (χ3v) is 3.79. The van der Waals surface area contributed by atoms with Gasteiger partial charge in [0.15, 0.2) is 5.96 Å². The van der Waals surface area contributed by atoms with Gasteiger partial charge in [-0.05, 0) is 51.7 Å². The van der Waals surface area contributed by atoms with Crippen LogP contribution >= 0.6 is 24.0 Å². The lowest BCUT2D eigenvalue weighted by Crippen LogP contribution is -2.41. The molecule has 0 amide bonds. The molecule has 0 saturated carbocycles. The molecule has 0 radical (unpaired) electrons. The lowest BCUT2D eigenvalue weighted by molar-refractivity contribution is 0.224. The summed E-state index contributed by atoms with van der Waals surface area (Å²) in [6, 6.07) is 0. The number of rotatable bonds is 6. The van der Waals surface area contributed by atoms with Crippen molar-refractivity contribution in [2.45, 2.75) is 44.9 Å². The summed E-state index contributed by atoms with van der Waals surface area (Å²) in [5, 5.41) is 6.68. The minimum absolute atomic E-state index is 0. The number of piperidine rings is 1. The molecular weight excluding hydrogens is 351 g/mol. The van der Waals surface area contributed by atoms with E-state index in [9.17, 15) is 0 Å². The van der Waals surface area contributed by atoms with Crippen molar-refractivity contribution < 1.29 is 0 Å². The highest BCUT2D eigenvalue weighted by molar-refractivity contribution is 14.0. The molecule has 0 aromatic carbocycles. The maximum Gasteiger partial charge on any atom is 0.191 e. The van der Waals surface area contributed by atoms with Crippen molar-refractivity contribution in [1.82, 2.24) is 15.5 Å². The number of aliphatic imine (C=N–C) groups is 1. The number of hydrogen-bond acceptors (Lipinski definition) is 4. The number of unbranched alkanes of at least 4 members (excludes halogenated alkanes) is 2. The first-order chi connectivity index (χ1) is 8.95. The van der Waals surface area contributed by atoms with Gasteiger partial charge in [-0.3, -0.25) is 4.99 Å². The molecule has 2 rings (SSSR count). The highest BCUT2D eigenvalue weighted by Gasteiger charge is 2.08. The Morgan fingerprint density at radius 1 is 1.05 bits per heavy atom. The Morgan fingerprint density at radius 3 is 2.63 bits per heavy atom. The number of nitrogens with one attached hydrogen (secondary N) is 2. The average Bonchev–Trinajstić information content (AvgIpc) is 2.45. The second kappa shape index (κ2) is 10.7. The van der Waals surface area contributed by atoms with Crippen LogP contribution in [0.15, 0.2) is 4.99 Å². The maximum atomic E-state index is 4.41. The first kappa shape index (κ1) is 17.0. The van der Waals surface area contributed by atoms with Gasteiger partial charge in [-0.15, -0.1) is 24.0 Å². The zero-order valence-electron chi connectivity index (χ0n) is 12.0. The molecule has 1 saturated heterocycles. The molecule has 0 spiro atoms. The van der Waals surface area contributed by atoms with Gasteiger partial charge in [0.05, 0.1) is 0 Å². The zero-order valence-corrected chi connectivity index (χ0v) is 14.3. The summed E-state index contributed by atoms with van der Waals surface area (Å²) in [6.07, 6.45) is 9.36. The summed E-state index contributed by atoms with van der Waals surface area (Å²) in [5.74, 6) is 1.01. The van der Waals surface area contributed by atoms with Crippen molar-refractivity contribution in [2.24, 2.45) is 4.99 Å². The van der Waals surface area contributed by atoms with Gasteiger partial charge in [-0.2, -0.15) is 0 Å². The van der Waals surface area contributed by atoms with Crippen LogP contribution in [-0.4, -0.2) is 50.1 Å². The molecule has 1 fully saturated rings. The van der Waals surface area contributed by atoms with Gasteiger partial charge in [0.2, 0.25) is 0 Å². The Bertz CT molecular complexity index is 252. The van der Waals surface area contributed by atoms with Crippen LogP contribution in [0.2, 0.25) is 0 Å². The number of guanidine groups is 1. The van der Waals surface area contributed by atoms with Crippen molar-refractivity contribution in [3.8, 4) is 0 Å². The third kappa shape index (κ3) is 7.34. The number of nitrogens with zero attached hydrogens (tertiary/aromatic N) is 2. The van der Waals surface area contributed by atoms with Gasteiger partial charge in [-0.1, -0.05) is 12.8 Å². The molecule has 4 nitrogen and oxygen atoms in total. The first-order valence-electron chi connectivity index (χ1n) is 7.70. The van der Waals surface area contributed by atoms with Crippen LogP contribution in [0.3, 0.4) is 0 Å². The highest BCUT2D eigenvalue weighted by atomic mass is 127. The molecule has 0 unspecified atom stereocenters. The first-order valence-corrected chi connectivity index (χ1v) is 7.70. The molecular formula is C14H29IN4. The van der Waals surface area contributed by atoms with Crippen LogP contribution in [0.5, 0.6) is 0 Å². The monoisotopic (exact) mass is 380 g/mol. The van der Waals surface area contributed by atoms with E-state index in [2.05, 4.69) is 20.5 Å². The number of hydrogen-bond donors (Lipinski definition) is 2. The van der Waals surface area contributed by atoms with Crippen molar-refractivity contribution in [3.63, 3.8) is 0 Å².